The van der Waals surface area contributed by atoms with Crippen molar-refractivity contribution in [3.63, 3.8) is 0 Å². The lowest BCUT2D eigenvalue weighted by molar-refractivity contribution is 0.0492. The van der Waals surface area contributed by atoms with Gasteiger partial charge in [-0.25, -0.2) is 5.01 Å². The zero-order chi connectivity index (χ0) is 13.8. The standard InChI is InChI=1S/C12H19ClN6O/c13-10-14-11(17-19-6-8-20-9-7-19)16-12(15-10)18-4-2-1-3-5-18/h1-9H2,(H,14,15,16,17). The molecule has 3 rings (SSSR count). The first-order valence-corrected chi connectivity index (χ1v) is 7.45. The molecule has 20 heavy (non-hydrogen) atoms. The van der Waals surface area contributed by atoms with Crippen molar-refractivity contribution in [2.24, 2.45) is 0 Å². The summed E-state index contributed by atoms with van der Waals surface area (Å²) in [5.74, 6) is 1.17. The minimum Gasteiger partial charge on any atom is -0.379 e. The van der Waals surface area contributed by atoms with Gasteiger partial charge in [-0.2, -0.15) is 15.0 Å². The van der Waals surface area contributed by atoms with Crippen LogP contribution in [0, 0.1) is 0 Å². The van der Waals surface area contributed by atoms with Gasteiger partial charge < -0.3 is 9.64 Å². The summed E-state index contributed by atoms with van der Waals surface area (Å²) in [6.07, 6.45) is 3.62. The smallest absolute Gasteiger partial charge is 0.243 e. The lowest BCUT2D eigenvalue weighted by Crippen LogP contribution is -2.41. The molecule has 0 unspecified atom stereocenters. The van der Waals surface area contributed by atoms with Crippen LogP contribution in [0.4, 0.5) is 11.9 Å². The van der Waals surface area contributed by atoms with Crippen molar-refractivity contribution in [1.82, 2.24) is 20.0 Å². The number of anilines is 2. The summed E-state index contributed by atoms with van der Waals surface area (Å²) in [5, 5.41) is 2.27. The van der Waals surface area contributed by atoms with Gasteiger partial charge in [-0.15, -0.1) is 0 Å². The van der Waals surface area contributed by atoms with E-state index in [1.807, 2.05) is 5.01 Å². The second-order valence-electron chi connectivity index (χ2n) is 4.99. The molecule has 0 bridgehead atoms. The molecule has 0 spiro atoms. The maximum Gasteiger partial charge on any atom is 0.243 e. The first-order valence-electron chi connectivity index (χ1n) is 7.07. The van der Waals surface area contributed by atoms with Crippen LogP contribution in [0.5, 0.6) is 0 Å². The zero-order valence-corrected chi connectivity index (χ0v) is 12.1. The second-order valence-corrected chi connectivity index (χ2v) is 5.33. The third-order valence-corrected chi connectivity index (χ3v) is 3.67. The number of halogens is 1. The van der Waals surface area contributed by atoms with Crippen LogP contribution in [0.1, 0.15) is 19.3 Å². The van der Waals surface area contributed by atoms with Gasteiger partial charge in [0.1, 0.15) is 0 Å². The number of nitrogens with one attached hydrogen (secondary N) is 1. The largest absolute Gasteiger partial charge is 0.379 e. The first kappa shape index (κ1) is 13.8. The van der Waals surface area contributed by atoms with E-state index in [0.29, 0.717) is 25.1 Å². The van der Waals surface area contributed by atoms with E-state index in [1.54, 1.807) is 0 Å². The highest BCUT2D eigenvalue weighted by Crippen LogP contribution is 2.18. The Morgan fingerprint density at radius 1 is 0.950 bits per heavy atom. The van der Waals surface area contributed by atoms with E-state index in [-0.39, 0.29) is 5.28 Å². The Balaban J connectivity index is 1.71. The lowest BCUT2D eigenvalue weighted by atomic mass is 10.1. The van der Waals surface area contributed by atoms with Gasteiger partial charge in [-0.1, -0.05) is 0 Å². The summed E-state index contributed by atoms with van der Waals surface area (Å²) >= 11 is 6.01. The Hall–Kier alpha value is -1.18. The minimum absolute atomic E-state index is 0.233. The number of aromatic nitrogens is 3. The summed E-state index contributed by atoms with van der Waals surface area (Å²) < 4.78 is 5.31. The van der Waals surface area contributed by atoms with Crippen molar-refractivity contribution in [2.45, 2.75) is 19.3 Å². The molecule has 8 heteroatoms. The number of nitrogens with zero attached hydrogens (tertiary/aromatic N) is 5. The second kappa shape index (κ2) is 6.51. The van der Waals surface area contributed by atoms with Crippen molar-refractivity contribution >= 4 is 23.5 Å². The molecule has 0 aromatic carbocycles. The molecule has 2 fully saturated rings. The SMILES string of the molecule is Clc1nc(NN2CCOCC2)nc(N2CCCCC2)n1. The van der Waals surface area contributed by atoms with Crippen LogP contribution in [0.2, 0.25) is 5.28 Å². The van der Waals surface area contributed by atoms with Crippen molar-refractivity contribution in [3.05, 3.63) is 5.28 Å². The zero-order valence-electron chi connectivity index (χ0n) is 11.4. The van der Waals surface area contributed by atoms with Crippen LogP contribution >= 0.6 is 11.6 Å². The predicted molar refractivity (Wildman–Crippen MR) is 76.9 cm³/mol. The topological polar surface area (TPSA) is 66.4 Å². The predicted octanol–water partition coefficient (Wildman–Crippen LogP) is 1.17. The fraction of sp³-hybridized carbons (Fsp3) is 0.750. The minimum atomic E-state index is 0.233. The lowest BCUT2D eigenvalue weighted by Gasteiger charge is -2.29. The van der Waals surface area contributed by atoms with E-state index in [1.165, 1.54) is 19.3 Å². The van der Waals surface area contributed by atoms with E-state index in [9.17, 15) is 0 Å². The van der Waals surface area contributed by atoms with Crippen LogP contribution < -0.4 is 10.3 Å². The molecule has 2 saturated heterocycles. The van der Waals surface area contributed by atoms with E-state index >= 15 is 0 Å². The van der Waals surface area contributed by atoms with Gasteiger partial charge >= 0.3 is 0 Å². The number of hydrogen-bond acceptors (Lipinski definition) is 7. The Morgan fingerprint density at radius 2 is 1.70 bits per heavy atom. The molecule has 110 valence electrons. The molecular weight excluding hydrogens is 280 g/mol. The fourth-order valence-electron chi connectivity index (χ4n) is 2.44. The molecule has 0 aliphatic carbocycles. The molecule has 0 amide bonds. The van der Waals surface area contributed by atoms with Gasteiger partial charge in [0.25, 0.3) is 0 Å². The molecule has 0 atom stereocenters. The van der Waals surface area contributed by atoms with E-state index in [4.69, 9.17) is 16.3 Å². The van der Waals surface area contributed by atoms with Gasteiger partial charge in [0.05, 0.1) is 13.2 Å². The molecule has 1 aromatic rings. The maximum atomic E-state index is 6.01. The average Bonchev–Trinajstić information content (AvgIpc) is 2.49. The number of hydrogen-bond donors (Lipinski definition) is 1. The Labute approximate surface area is 123 Å². The fourth-order valence-corrected chi connectivity index (χ4v) is 2.60. The molecule has 1 N–H and O–H groups in total. The van der Waals surface area contributed by atoms with Gasteiger partial charge in [0.2, 0.25) is 17.2 Å². The number of piperidine rings is 1. The van der Waals surface area contributed by atoms with Crippen molar-refractivity contribution < 1.29 is 4.74 Å². The average molecular weight is 299 g/mol. The highest BCUT2D eigenvalue weighted by molar-refractivity contribution is 6.28. The third kappa shape index (κ3) is 3.47. The molecule has 0 saturated carbocycles. The molecule has 2 aliphatic rings. The molecule has 2 aliphatic heterocycles. The molecular formula is C12H19ClN6O. The van der Waals surface area contributed by atoms with Gasteiger partial charge in [0.15, 0.2) is 0 Å². The van der Waals surface area contributed by atoms with Crippen LogP contribution in [0.25, 0.3) is 0 Å². The molecule has 1 aromatic heterocycles. The van der Waals surface area contributed by atoms with Crippen molar-refractivity contribution in [3.8, 4) is 0 Å². The van der Waals surface area contributed by atoms with Crippen LogP contribution in [0.15, 0.2) is 0 Å². The summed E-state index contributed by atoms with van der Waals surface area (Å²) in [7, 11) is 0. The van der Waals surface area contributed by atoms with E-state index in [0.717, 1.165) is 26.2 Å². The molecule has 7 nitrogen and oxygen atoms in total. The maximum absolute atomic E-state index is 6.01. The van der Waals surface area contributed by atoms with Crippen LogP contribution in [-0.2, 0) is 4.74 Å². The highest BCUT2D eigenvalue weighted by atomic mass is 35.5. The molecule has 3 heterocycles. The summed E-state index contributed by atoms with van der Waals surface area (Å²) in [5.41, 5.74) is 3.18. The number of ether oxygens (including phenoxy) is 1. The normalized spacial score (nSPS) is 20.9. The monoisotopic (exact) mass is 298 g/mol. The Morgan fingerprint density at radius 3 is 2.45 bits per heavy atom. The first-order chi connectivity index (χ1) is 9.81. The van der Waals surface area contributed by atoms with Crippen LogP contribution in [-0.4, -0.2) is 59.4 Å². The van der Waals surface area contributed by atoms with Gasteiger partial charge in [0, 0.05) is 26.2 Å². The Bertz CT molecular complexity index is 448. The number of rotatable bonds is 3. The van der Waals surface area contributed by atoms with E-state index in [2.05, 4.69) is 25.3 Å². The van der Waals surface area contributed by atoms with Gasteiger partial charge in [-0.05, 0) is 30.9 Å². The van der Waals surface area contributed by atoms with Crippen molar-refractivity contribution in [1.29, 1.82) is 0 Å². The highest BCUT2D eigenvalue weighted by Gasteiger charge is 2.17. The summed E-state index contributed by atoms with van der Waals surface area (Å²) in [6, 6.07) is 0. The van der Waals surface area contributed by atoms with Crippen molar-refractivity contribution in [2.75, 3.05) is 49.7 Å². The summed E-state index contributed by atoms with van der Waals surface area (Å²) in [6.45, 7) is 5.01. The van der Waals surface area contributed by atoms with E-state index < -0.39 is 0 Å². The third-order valence-electron chi connectivity index (χ3n) is 3.50. The molecule has 0 radical (unpaired) electrons. The number of hydrazine groups is 1. The quantitative estimate of drug-likeness (QED) is 0.898. The summed E-state index contributed by atoms with van der Waals surface area (Å²) in [4.78, 5) is 15.0. The van der Waals surface area contributed by atoms with Gasteiger partial charge in [-0.3, -0.25) is 5.43 Å². The van der Waals surface area contributed by atoms with Crippen LogP contribution in [0.3, 0.4) is 0 Å². The number of morpholine rings is 1. The Kier molecular flexibility index (Phi) is 4.49.